The number of nitrogens with one attached hydrogen (secondary N) is 1. The van der Waals surface area contributed by atoms with E-state index < -0.39 is 0 Å². The van der Waals surface area contributed by atoms with E-state index in [1.54, 1.807) is 0 Å². The molecule has 1 aliphatic heterocycles. The first kappa shape index (κ1) is 11.8. The van der Waals surface area contributed by atoms with Crippen LogP contribution in [0.2, 0.25) is 0 Å². The molecule has 0 spiro atoms. The van der Waals surface area contributed by atoms with Gasteiger partial charge < -0.3 is 10.3 Å². The molecular formula is C14H15N3O2. The number of amides is 2. The zero-order valence-electron chi connectivity index (χ0n) is 10.6. The highest BCUT2D eigenvalue weighted by atomic mass is 16.2. The molecule has 1 saturated heterocycles. The largest absolute Gasteiger partial charge is 0.398 e. The van der Waals surface area contributed by atoms with E-state index in [4.69, 9.17) is 5.73 Å². The van der Waals surface area contributed by atoms with Gasteiger partial charge in [-0.25, -0.2) is 0 Å². The first-order valence-corrected chi connectivity index (χ1v) is 6.25. The van der Waals surface area contributed by atoms with Gasteiger partial charge in [-0.3, -0.25) is 14.9 Å². The lowest BCUT2D eigenvalue weighted by Gasteiger charge is -2.22. The van der Waals surface area contributed by atoms with Crippen LogP contribution in [0.5, 0.6) is 0 Å². The van der Waals surface area contributed by atoms with Crippen LogP contribution in [-0.2, 0) is 16.6 Å². The Labute approximate surface area is 110 Å². The number of rotatable bonds is 1. The highest BCUT2D eigenvalue weighted by Gasteiger charge is 2.29. The van der Waals surface area contributed by atoms with Crippen molar-refractivity contribution in [1.82, 2.24) is 9.88 Å². The number of carbonyl (C=O) groups is 2. The highest BCUT2D eigenvalue weighted by Crippen LogP contribution is 2.33. The molecule has 3 rings (SSSR count). The Morgan fingerprint density at radius 3 is 2.84 bits per heavy atom. The Balaban J connectivity index is 2.15. The molecule has 3 N–H and O–H groups in total. The molecule has 0 bridgehead atoms. The van der Waals surface area contributed by atoms with E-state index >= 15 is 0 Å². The van der Waals surface area contributed by atoms with Crippen LogP contribution in [0.3, 0.4) is 0 Å². The van der Waals surface area contributed by atoms with E-state index in [1.807, 2.05) is 36.0 Å². The predicted octanol–water partition coefficient (Wildman–Crippen LogP) is 1.28. The summed E-state index contributed by atoms with van der Waals surface area (Å²) < 4.78 is 1.96. The molecule has 19 heavy (non-hydrogen) atoms. The van der Waals surface area contributed by atoms with Crippen LogP contribution >= 0.6 is 0 Å². The first-order valence-electron chi connectivity index (χ1n) is 6.25. The van der Waals surface area contributed by atoms with Crippen molar-refractivity contribution in [1.29, 1.82) is 0 Å². The lowest BCUT2D eigenvalue weighted by atomic mass is 9.89. The Morgan fingerprint density at radius 2 is 2.11 bits per heavy atom. The molecule has 0 saturated carbocycles. The number of benzene rings is 1. The molecule has 5 nitrogen and oxygen atoms in total. The summed E-state index contributed by atoms with van der Waals surface area (Å²) in [7, 11) is 1.93. The third-order valence-electron chi connectivity index (χ3n) is 3.71. The summed E-state index contributed by atoms with van der Waals surface area (Å²) in [5, 5.41) is 3.35. The van der Waals surface area contributed by atoms with Gasteiger partial charge in [-0.15, -0.1) is 0 Å². The quantitative estimate of drug-likeness (QED) is 0.597. The summed E-state index contributed by atoms with van der Waals surface area (Å²) in [5.74, 6) is -0.697. The van der Waals surface area contributed by atoms with E-state index in [9.17, 15) is 9.59 Å². The Morgan fingerprint density at radius 1 is 1.32 bits per heavy atom. The number of nitrogens with zero attached hydrogens (tertiary/aromatic N) is 1. The average Bonchev–Trinajstić information content (AvgIpc) is 2.75. The minimum atomic E-state index is -0.283. The lowest BCUT2D eigenvalue weighted by molar-refractivity contribution is -0.134. The predicted molar refractivity (Wildman–Crippen MR) is 72.5 cm³/mol. The maximum absolute atomic E-state index is 12.0. The van der Waals surface area contributed by atoms with Gasteiger partial charge in [-0.1, -0.05) is 6.07 Å². The van der Waals surface area contributed by atoms with Crippen molar-refractivity contribution >= 4 is 28.4 Å². The molecule has 1 aliphatic rings. The van der Waals surface area contributed by atoms with E-state index in [0.29, 0.717) is 18.5 Å². The first-order chi connectivity index (χ1) is 9.08. The number of aryl methyl sites for hydroxylation is 1. The van der Waals surface area contributed by atoms with Crippen molar-refractivity contribution in [2.24, 2.45) is 7.05 Å². The third-order valence-corrected chi connectivity index (χ3v) is 3.71. The van der Waals surface area contributed by atoms with Gasteiger partial charge in [0.15, 0.2) is 0 Å². The second kappa shape index (κ2) is 4.12. The molecule has 2 heterocycles. The maximum atomic E-state index is 12.0. The summed E-state index contributed by atoms with van der Waals surface area (Å²) in [6.45, 7) is 0. The van der Waals surface area contributed by atoms with Crippen LogP contribution in [0.4, 0.5) is 5.69 Å². The number of nitrogens with two attached hydrogens (primary N) is 1. The van der Waals surface area contributed by atoms with Gasteiger partial charge >= 0.3 is 0 Å². The molecule has 0 radical (unpaired) electrons. The number of fused-ring (bicyclic) bond motifs is 1. The number of piperidine rings is 1. The van der Waals surface area contributed by atoms with E-state index in [-0.39, 0.29) is 17.7 Å². The van der Waals surface area contributed by atoms with Crippen molar-refractivity contribution in [3.63, 3.8) is 0 Å². The van der Waals surface area contributed by atoms with Crippen LogP contribution in [0.15, 0.2) is 24.4 Å². The van der Waals surface area contributed by atoms with Crippen LogP contribution in [0.25, 0.3) is 10.9 Å². The zero-order valence-corrected chi connectivity index (χ0v) is 10.6. The monoisotopic (exact) mass is 257 g/mol. The molecule has 1 unspecified atom stereocenters. The number of nitrogen functional groups attached to an aromatic ring is 1. The number of aromatic nitrogens is 1. The van der Waals surface area contributed by atoms with Gasteiger partial charge in [-0.2, -0.15) is 0 Å². The number of imide groups is 1. The van der Waals surface area contributed by atoms with E-state index in [0.717, 1.165) is 16.5 Å². The number of anilines is 1. The second-order valence-corrected chi connectivity index (χ2v) is 4.94. The summed E-state index contributed by atoms with van der Waals surface area (Å²) in [6, 6.07) is 5.65. The molecule has 1 fully saturated rings. The minimum Gasteiger partial charge on any atom is -0.398 e. The SMILES string of the molecule is Cn1ccc2c(N)ccc(C3CCC(=O)NC3=O)c21. The lowest BCUT2D eigenvalue weighted by Crippen LogP contribution is -2.39. The Bertz CT molecular complexity index is 687. The van der Waals surface area contributed by atoms with Gasteiger partial charge in [0.2, 0.25) is 11.8 Å². The minimum absolute atomic E-state index is 0.195. The van der Waals surface area contributed by atoms with Crippen LogP contribution < -0.4 is 11.1 Å². The van der Waals surface area contributed by atoms with Crippen molar-refractivity contribution < 1.29 is 9.59 Å². The summed E-state index contributed by atoms with van der Waals surface area (Å²) in [6.07, 6.45) is 2.86. The topological polar surface area (TPSA) is 77.1 Å². The van der Waals surface area contributed by atoms with E-state index in [2.05, 4.69) is 5.32 Å². The van der Waals surface area contributed by atoms with Crippen molar-refractivity contribution in [2.75, 3.05) is 5.73 Å². The fourth-order valence-corrected chi connectivity index (χ4v) is 2.74. The van der Waals surface area contributed by atoms with Crippen molar-refractivity contribution in [3.05, 3.63) is 30.0 Å². The summed E-state index contributed by atoms with van der Waals surface area (Å²) in [5.41, 5.74) is 8.56. The number of carbonyl (C=O) groups excluding carboxylic acids is 2. The fraction of sp³-hybridized carbons (Fsp3) is 0.286. The average molecular weight is 257 g/mol. The maximum Gasteiger partial charge on any atom is 0.234 e. The van der Waals surface area contributed by atoms with Gasteiger partial charge in [0.05, 0.1) is 11.4 Å². The van der Waals surface area contributed by atoms with Crippen LogP contribution in [-0.4, -0.2) is 16.4 Å². The summed E-state index contributed by atoms with van der Waals surface area (Å²) >= 11 is 0. The fourth-order valence-electron chi connectivity index (χ4n) is 2.74. The van der Waals surface area contributed by atoms with Gasteiger partial charge in [0.25, 0.3) is 0 Å². The smallest absolute Gasteiger partial charge is 0.234 e. The highest BCUT2D eigenvalue weighted by molar-refractivity contribution is 6.04. The molecule has 1 atom stereocenters. The number of hydrogen-bond donors (Lipinski definition) is 2. The number of hydrogen-bond acceptors (Lipinski definition) is 3. The molecule has 0 aliphatic carbocycles. The van der Waals surface area contributed by atoms with E-state index in [1.165, 1.54) is 0 Å². The standard InChI is InChI=1S/C14H15N3O2/c1-17-7-6-10-11(15)4-2-8(13(10)17)9-3-5-12(18)16-14(9)19/h2,4,6-7,9H,3,5,15H2,1H3,(H,16,18,19). The van der Waals surface area contributed by atoms with Gasteiger partial charge in [-0.05, 0) is 24.1 Å². The molecule has 1 aromatic carbocycles. The van der Waals surface area contributed by atoms with Gasteiger partial charge in [0.1, 0.15) is 0 Å². The Kier molecular flexibility index (Phi) is 2.55. The third kappa shape index (κ3) is 1.78. The normalized spacial score (nSPS) is 19.7. The molecule has 5 heteroatoms. The summed E-state index contributed by atoms with van der Waals surface area (Å²) in [4.78, 5) is 23.2. The molecule has 2 aromatic rings. The second-order valence-electron chi connectivity index (χ2n) is 4.94. The molecular weight excluding hydrogens is 242 g/mol. The van der Waals surface area contributed by atoms with Crippen LogP contribution in [0.1, 0.15) is 24.3 Å². The van der Waals surface area contributed by atoms with Crippen molar-refractivity contribution in [2.45, 2.75) is 18.8 Å². The molecule has 98 valence electrons. The van der Waals surface area contributed by atoms with Crippen molar-refractivity contribution in [3.8, 4) is 0 Å². The molecule has 1 aromatic heterocycles. The van der Waals surface area contributed by atoms with Crippen LogP contribution in [0, 0.1) is 0 Å². The zero-order chi connectivity index (χ0) is 13.6. The van der Waals surface area contributed by atoms with Gasteiger partial charge in [0, 0.05) is 30.7 Å². The Hall–Kier alpha value is -2.30. The molecule has 2 amide bonds.